The Morgan fingerprint density at radius 2 is 1.90 bits per heavy atom. The molecule has 1 aliphatic heterocycles. The largest absolute Gasteiger partial charge is 0.409 e. The van der Waals surface area contributed by atoms with Gasteiger partial charge in [0.15, 0.2) is 0 Å². The number of benzene rings is 2. The van der Waals surface area contributed by atoms with Gasteiger partial charge in [-0.25, -0.2) is 0 Å². The fourth-order valence-electron chi connectivity index (χ4n) is 3.19. The quantitative estimate of drug-likeness (QED) is 0.768. The van der Waals surface area contributed by atoms with Gasteiger partial charge in [-0.1, -0.05) is 35.9 Å². The summed E-state index contributed by atoms with van der Waals surface area (Å²) in [5.41, 5.74) is 1.03. The van der Waals surface area contributed by atoms with Crippen molar-refractivity contribution >= 4 is 34.8 Å². The van der Waals surface area contributed by atoms with Crippen LogP contribution in [0, 0.1) is 0 Å². The molecule has 0 aromatic heterocycles. The molecule has 2 amide bonds. The molecular formula is C20H19ClF3N3O2. The Morgan fingerprint density at radius 1 is 1.24 bits per heavy atom. The number of halogens is 4. The standard InChI is InChI=1S/C20H19ClF3N3O2/c1-12(13-6-8-14(21)9-7-13)25-11-19(29)27-16-5-3-2-4-15(16)26-18(28)10-17(27)20(22,23)24/h2-9,12,17,25H,10-11H2,1H3,(H,26,28)/t12-,17+/m0/s1. The summed E-state index contributed by atoms with van der Waals surface area (Å²) < 4.78 is 41.1. The fourth-order valence-corrected chi connectivity index (χ4v) is 3.32. The lowest BCUT2D eigenvalue weighted by Gasteiger charge is -2.32. The van der Waals surface area contributed by atoms with Gasteiger partial charge in [0.05, 0.1) is 24.3 Å². The topological polar surface area (TPSA) is 61.4 Å². The number of nitrogens with zero attached hydrogens (tertiary/aromatic N) is 1. The molecule has 0 bridgehead atoms. The first-order valence-corrected chi connectivity index (χ1v) is 9.31. The predicted molar refractivity (Wildman–Crippen MR) is 105 cm³/mol. The molecule has 0 saturated heterocycles. The van der Waals surface area contributed by atoms with Crippen molar-refractivity contribution in [1.29, 1.82) is 0 Å². The van der Waals surface area contributed by atoms with Gasteiger partial charge in [-0.3, -0.25) is 14.5 Å². The van der Waals surface area contributed by atoms with E-state index in [-0.39, 0.29) is 24.0 Å². The minimum Gasteiger partial charge on any atom is -0.324 e. The Labute approximate surface area is 170 Å². The molecule has 2 aromatic rings. The monoisotopic (exact) mass is 425 g/mol. The van der Waals surface area contributed by atoms with Crippen LogP contribution in [0.15, 0.2) is 48.5 Å². The van der Waals surface area contributed by atoms with Crippen LogP contribution >= 0.6 is 11.6 Å². The Morgan fingerprint density at radius 3 is 2.55 bits per heavy atom. The van der Waals surface area contributed by atoms with Crippen molar-refractivity contribution in [3.05, 3.63) is 59.1 Å². The van der Waals surface area contributed by atoms with Crippen LogP contribution < -0.4 is 15.5 Å². The van der Waals surface area contributed by atoms with E-state index in [1.165, 1.54) is 18.2 Å². The number of para-hydroxylation sites is 2. The van der Waals surface area contributed by atoms with Gasteiger partial charge in [0.1, 0.15) is 6.04 Å². The third-order valence-corrected chi connectivity index (χ3v) is 4.96. The summed E-state index contributed by atoms with van der Waals surface area (Å²) in [7, 11) is 0. The number of alkyl halides is 3. The summed E-state index contributed by atoms with van der Waals surface area (Å²) in [6, 6.07) is 10.4. The van der Waals surface area contributed by atoms with Crippen molar-refractivity contribution in [2.75, 3.05) is 16.8 Å². The summed E-state index contributed by atoms with van der Waals surface area (Å²) in [4.78, 5) is 25.5. The molecular weight excluding hydrogens is 407 g/mol. The maximum Gasteiger partial charge on any atom is 0.409 e. The van der Waals surface area contributed by atoms with Gasteiger partial charge in [0.2, 0.25) is 11.8 Å². The number of hydrogen-bond donors (Lipinski definition) is 2. The van der Waals surface area contributed by atoms with E-state index in [1.807, 2.05) is 0 Å². The van der Waals surface area contributed by atoms with Crippen LogP contribution in [0.1, 0.15) is 24.9 Å². The highest BCUT2D eigenvalue weighted by Crippen LogP contribution is 2.37. The molecule has 0 saturated carbocycles. The lowest BCUT2D eigenvalue weighted by Crippen LogP contribution is -2.52. The number of carbonyl (C=O) groups excluding carboxylic acids is 2. The van der Waals surface area contributed by atoms with E-state index < -0.39 is 30.5 Å². The molecule has 2 atom stereocenters. The lowest BCUT2D eigenvalue weighted by atomic mass is 10.1. The van der Waals surface area contributed by atoms with Crippen LogP contribution in [-0.4, -0.2) is 30.6 Å². The summed E-state index contributed by atoms with van der Waals surface area (Å²) in [6.45, 7) is 1.46. The van der Waals surface area contributed by atoms with E-state index >= 15 is 0 Å². The Bertz CT molecular complexity index is 903. The number of rotatable bonds is 4. The van der Waals surface area contributed by atoms with Crippen LogP contribution in [0.25, 0.3) is 0 Å². The SMILES string of the molecule is C[C@H](NCC(=O)N1c2ccccc2NC(=O)C[C@@H]1C(F)(F)F)c1ccc(Cl)cc1. The highest BCUT2D eigenvalue weighted by molar-refractivity contribution is 6.30. The molecule has 9 heteroatoms. The zero-order valence-corrected chi connectivity index (χ0v) is 16.2. The first-order valence-electron chi connectivity index (χ1n) is 8.93. The number of nitrogens with one attached hydrogen (secondary N) is 2. The number of anilines is 2. The van der Waals surface area contributed by atoms with Gasteiger partial charge >= 0.3 is 6.18 Å². The van der Waals surface area contributed by atoms with Crippen LogP contribution in [0.3, 0.4) is 0 Å². The molecule has 0 spiro atoms. The molecule has 1 heterocycles. The van der Waals surface area contributed by atoms with Crippen LogP contribution in [0.5, 0.6) is 0 Å². The van der Waals surface area contributed by atoms with Gasteiger partial charge in [0.25, 0.3) is 0 Å². The first-order chi connectivity index (χ1) is 13.7. The minimum absolute atomic E-state index is 0.0200. The lowest BCUT2D eigenvalue weighted by molar-refractivity contribution is -0.157. The van der Waals surface area contributed by atoms with Gasteiger partial charge in [-0.05, 0) is 36.8 Å². The van der Waals surface area contributed by atoms with E-state index in [2.05, 4.69) is 10.6 Å². The molecule has 154 valence electrons. The fraction of sp³-hybridized carbons (Fsp3) is 0.300. The van der Waals surface area contributed by atoms with E-state index in [0.29, 0.717) is 9.92 Å². The molecule has 0 aliphatic carbocycles. The summed E-state index contributed by atoms with van der Waals surface area (Å²) in [5, 5.41) is 5.94. The third-order valence-electron chi connectivity index (χ3n) is 4.70. The summed E-state index contributed by atoms with van der Waals surface area (Å²) >= 11 is 5.86. The Balaban J connectivity index is 1.85. The van der Waals surface area contributed by atoms with Gasteiger partial charge in [-0.2, -0.15) is 13.2 Å². The molecule has 2 aromatic carbocycles. The molecule has 2 N–H and O–H groups in total. The van der Waals surface area contributed by atoms with E-state index in [4.69, 9.17) is 11.6 Å². The highest BCUT2D eigenvalue weighted by atomic mass is 35.5. The van der Waals surface area contributed by atoms with Crippen molar-refractivity contribution < 1.29 is 22.8 Å². The molecule has 29 heavy (non-hydrogen) atoms. The average Bonchev–Trinajstić information content (AvgIpc) is 2.82. The minimum atomic E-state index is -4.76. The van der Waals surface area contributed by atoms with E-state index in [1.54, 1.807) is 37.3 Å². The molecule has 0 unspecified atom stereocenters. The van der Waals surface area contributed by atoms with Crippen LogP contribution in [-0.2, 0) is 9.59 Å². The van der Waals surface area contributed by atoms with Crippen molar-refractivity contribution in [1.82, 2.24) is 5.32 Å². The van der Waals surface area contributed by atoms with Gasteiger partial charge < -0.3 is 10.6 Å². The van der Waals surface area contributed by atoms with Gasteiger partial charge in [0, 0.05) is 11.1 Å². The van der Waals surface area contributed by atoms with Crippen molar-refractivity contribution in [3.8, 4) is 0 Å². The zero-order chi connectivity index (χ0) is 21.2. The number of hydrogen-bond acceptors (Lipinski definition) is 3. The molecule has 0 radical (unpaired) electrons. The number of amides is 2. The maximum absolute atomic E-state index is 13.7. The number of fused-ring (bicyclic) bond motifs is 1. The molecule has 1 aliphatic rings. The maximum atomic E-state index is 13.7. The van der Waals surface area contributed by atoms with Crippen molar-refractivity contribution in [2.24, 2.45) is 0 Å². The zero-order valence-electron chi connectivity index (χ0n) is 15.5. The molecule has 3 rings (SSSR count). The molecule has 5 nitrogen and oxygen atoms in total. The normalized spacial score (nSPS) is 17.9. The van der Waals surface area contributed by atoms with E-state index in [0.717, 1.165) is 5.56 Å². The Hall–Kier alpha value is -2.58. The van der Waals surface area contributed by atoms with Gasteiger partial charge in [-0.15, -0.1) is 0 Å². The smallest absolute Gasteiger partial charge is 0.324 e. The van der Waals surface area contributed by atoms with Crippen molar-refractivity contribution in [2.45, 2.75) is 31.6 Å². The van der Waals surface area contributed by atoms with Crippen LogP contribution in [0.2, 0.25) is 5.02 Å². The Kier molecular flexibility index (Phi) is 6.14. The van der Waals surface area contributed by atoms with E-state index in [9.17, 15) is 22.8 Å². The summed E-state index contributed by atoms with van der Waals surface area (Å²) in [6.07, 6.45) is -5.62. The second-order valence-electron chi connectivity index (χ2n) is 6.74. The van der Waals surface area contributed by atoms with Crippen molar-refractivity contribution in [3.63, 3.8) is 0 Å². The van der Waals surface area contributed by atoms with Crippen LogP contribution in [0.4, 0.5) is 24.5 Å². The second-order valence-corrected chi connectivity index (χ2v) is 7.18. The first kappa shape index (κ1) is 21.1. The summed E-state index contributed by atoms with van der Waals surface area (Å²) in [5.74, 6) is -1.57. The second kappa shape index (κ2) is 8.42. The highest BCUT2D eigenvalue weighted by Gasteiger charge is 2.48. The molecule has 0 fully saturated rings. The average molecular weight is 426 g/mol. The number of carbonyl (C=O) groups is 2. The third kappa shape index (κ3) is 4.89. The predicted octanol–water partition coefficient (Wildman–Crippen LogP) is 4.30.